The summed E-state index contributed by atoms with van der Waals surface area (Å²) < 4.78 is 33.1. The van der Waals surface area contributed by atoms with Gasteiger partial charge in [-0.2, -0.15) is 9.57 Å². The molecule has 0 unspecified atom stereocenters. The number of nitrogens with zero attached hydrogens (tertiary/aromatic N) is 3. The van der Waals surface area contributed by atoms with E-state index in [1.165, 1.54) is 34.6 Å². The normalized spacial score (nSPS) is 14.3. The van der Waals surface area contributed by atoms with Crippen LogP contribution in [-0.4, -0.2) is 37.3 Å². The Bertz CT molecular complexity index is 1070. The molecule has 1 aliphatic rings. The van der Waals surface area contributed by atoms with Crippen molar-refractivity contribution in [2.75, 3.05) is 25.0 Å². The van der Waals surface area contributed by atoms with Crippen molar-refractivity contribution >= 4 is 27.1 Å². The Labute approximate surface area is 168 Å². The predicted molar refractivity (Wildman–Crippen MR) is 107 cm³/mol. The summed E-state index contributed by atoms with van der Waals surface area (Å²) in [6, 6.07) is 10.4. The standard InChI is InChI=1S/C19H20N4O5S/c1-2-28-18-8-6-15(12-19(18)29(26,27)22-9-3-4-10-22)21-16-7-5-14(13-20)11-17(16)23(24)25/h5-8,11-12,21H,2-4,9-10H2,1H3. The molecule has 1 N–H and O–H groups in total. The van der Waals surface area contributed by atoms with Crippen molar-refractivity contribution in [1.29, 1.82) is 5.26 Å². The molecule has 0 spiro atoms. The summed E-state index contributed by atoms with van der Waals surface area (Å²) in [5.41, 5.74) is 0.398. The zero-order valence-corrected chi connectivity index (χ0v) is 16.6. The van der Waals surface area contributed by atoms with E-state index in [-0.39, 0.29) is 27.6 Å². The van der Waals surface area contributed by atoms with Gasteiger partial charge in [0.2, 0.25) is 10.0 Å². The number of anilines is 2. The van der Waals surface area contributed by atoms with E-state index < -0.39 is 14.9 Å². The second-order valence-electron chi connectivity index (χ2n) is 6.43. The Morgan fingerprint density at radius 3 is 2.59 bits per heavy atom. The van der Waals surface area contributed by atoms with Crippen LogP contribution in [0.4, 0.5) is 17.1 Å². The van der Waals surface area contributed by atoms with E-state index in [1.54, 1.807) is 13.0 Å². The second-order valence-corrected chi connectivity index (χ2v) is 8.34. The van der Waals surface area contributed by atoms with Crippen LogP contribution in [0.1, 0.15) is 25.3 Å². The van der Waals surface area contributed by atoms with Crippen LogP contribution in [-0.2, 0) is 10.0 Å². The largest absolute Gasteiger partial charge is 0.492 e. The van der Waals surface area contributed by atoms with Gasteiger partial charge >= 0.3 is 0 Å². The lowest BCUT2D eigenvalue weighted by Gasteiger charge is -2.19. The second kappa shape index (κ2) is 8.46. The number of nitriles is 1. The van der Waals surface area contributed by atoms with Gasteiger partial charge in [-0.25, -0.2) is 8.42 Å². The average Bonchev–Trinajstić information content (AvgIpc) is 3.25. The molecule has 1 aliphatic heterocycles. The Kier molecular flexibility index (Phi) is 6.00. The first kappa shape index (κ1) is 20.6. The van der Waals surface area contributed by atoms with E-state index in [0.717, 1.165) is 12.8 Å². The lowest BCUT2D eigenvalue weighted by molar-refractivity contribution is -0.383. The first-order valence-electron chi connectivity index (χ1n) is 9.09. The van der Waals surface area contributed by atoms with E-state index in [2.05, 4.69) is 5.32 Å². The lowest BCUT2D eigenvalue weighted by Crippen LogP contribution is -2.28. The van der Waals surface area contributed by atoms with Crippen LogP contribution in [0, 0.1) is 21.4 Å². The summed E-state index contributed by atoms with van der Waals surface area (Å²) in [5.74, 6) is 0.235. The van der Waals surface area contributed by atoms with Gasteiger partial charge in [-0.1, -0.05) is 0 Å². The van der Waals surface area contributed by atoms with Gasteiger partial charge in [0.1, 0.15) is 16.3 Å². The fraction of sp³-hybridized carbons (Fsp3) is 0.316. The van der Waals surface area contributed by atoms with Crippen LogP contribution >= 0.6 is 0 Å². The SMILES string of the molecule is CCOc1ccc(Nc2ccc(C#N)cc2[N+](=O)[O-])cc1S(=O)(=O)N1CCCC1. The molecule has 0 aliphatic carbocycles. The van der Waals surface area contributed by atoms with Crippen LogP contribution in [0.5, 0.6) is 5.75 Å². The Morgan fingerprint density at radius 1 is 1.24 bits per heavy atom. The average molecular weight is 416 g/mol. The number of sulfonamides is 1. The van der Waals surface area contributed by atoms with Crippen molar-refractivity contribution in [1.82, 2.24) is 4.31 Å². The maximum Gasteiger partial charge on any atom is 0.293 e. The Balaban J connectivity index is 2.02. The fourth-order valence-electron chi connectivity index (χ4n) is 3.14. The first-order chi connectivity index (χ1) is 13.9. The maximum absolute atomic E-state index is 13.1. The molecule has 0 bridgehead atoms. The molecule has 0 saturated carbocycles. The monoisotopic (exact) mass is 416 g/mol. The van der Waals surface area contributed by atoms with Crippen molar-refractivity contribution < 1.29 is 18.1 Å². The van der Waals surface area contributed by atoms with Gasteiger partial charge in [-0.05, 0) is 50.1 Å². The maximum atomic E-state index is 13.1. The molecule has 1 saturated heterocycles. The molecule has 10 heteroatoms. The highest BCUT2D eigenvalue weighted by Gasteiger charge is 2.30. The first-order valence-corrected chi connectivity index (χ1v) is 10.5. The molecule has 0 aromatic heterocycles. The molecule has 1 fully saturated rings. The summed E-state index contributed by atoms with van der Waals surface area (Å²) >= 11 is 0. The molecular weight excluding hydrogens is 396 g/mol. The molecule has 29 heavy (non-hydrogen) atoms. The molecule has 3 rings (SSSR count). The molecule has 0 atom stereocenters. The van der Waals surface area contributed by atoms with Crippen molar-refractivity contribution in [2.24, 2.45) is 0 Å². The van der Waals surface area contributed by atoms with Crippen LogP contribution in [0.2, 0.25) is 0 Å². The van der Waals surface area contributed by atoms with E-state index in [9.17, 15) is 18.5 Å². The van der Waals surface area contributed by atoms with Crippen LogP contribution in [0.3, 0.4) is 0 Å². The predicted octanol–water partition coefficient (Wildman–Crippen LogP) is 3.39. The minimum Gasteiger partial charge on any atom is -0.492 e. The highest BCUT2D eigenvalue weighted by atomic mass is 32.2. The smallest absolute Gasteiger partial charge is 0.293 e. The summed E-state index contributed by atoms with van der Waals surface area (Å²) in [5, 5.41) is 23.2. The summed E-state index contributed by atoms with van der Waals surface area (Å²) in [7, 11) is -3.75. The highest BCUT2D eigenvalue weighted by molar-refractivity contribution is 7.89. The summed E-state index contributed by atoms with van der Waals surface area (Å²) in [4.78, 5) is 10.8. The quantitative estimate of drug-likeness (QED) is 0.541. The van der Waals surface area contributed by atoms with Crippen molar-refractivity contribution in [3.8, 4) is 11.8 Å². The minimum atomic E-state index is -3.75. The van der Waals surface area contributed by atoms with Crippen molar-refractivity contribution in [3.05, 3.63) is 52.1 Å². The Morgan fingerprint density at radius 2 is 1.97 bits per heavy atom. The highest BCUT2D eigenvalue weighted by Crippen LogP contribution is 2.34. The van der Waals surface area contributed by atoms with Crippen LogP contribution in [0.15, 0.2) is 41.3 Å². The molecule has 2 aromatic rings. The molecule has 0 radical (unpaired) electrons. The van der Waals surface area contributed by atoms with Crippen molar-refractivity contribution in [2.45, 2.75) is 24.7 Å². The number of nitro benzene ring substituents is 1. The number of nitrogens with one attached hydrogen (secondary N) is 1. The third-order valence-electron chi connectivity index (χ3n) is 4.53. The number of hydrogen-bond donors (Lipinski definition) is 1. The topological polar surface area (TPSA) is 126 Å². The molecule has 1 heterocycles. The van der Waals surface area contributed by atoms with Crippen LogP contribution in [0.25, 0.3) is 0 Å². The van der Waals surface area contributed by atoms with Gasteiger partial charge in [-0.3, -0.25) is 10.1 Å². The molecule has 9 nitrogen and oxygen atoms in total. The zero-order chi connectivity index (χ0) is 21.0. The number of hydrogen-bond acceptors (Lipinski definition) is 7. The third-order valence-corrected chi connectivity index (χ3v) is 6.45. The van der Waals surface area contributed by atoms with Gasteiger partial charge in [0.05, 0.1) is 23.2 Å². The third kappa shape index (κ3) is 4.31. The Hall–Kier alpha value is -3.16. The van der Waals surface area contributed by atoms with E-state index in [1.807, 2.05) is 6.07 Å². The van der Waals surface area contributed by atoms with Gasteiger partial charge in [-0.15, -0.1) is 0 Å². The van der Waals surface area contributed by atoms with Crippen molar-refractivity contribution in [3.63, 3.8) is 0 Å². The summed E-state index contributed by atoms with van der Waals surface area (Å²) in [6.45, 7) is 2.97. The minimum absolute atomic E-state index is 0.0162. The fourth-order valence-corrected chi connectivity index (χ4v) is 4.82. The molecule has 2 aromatic carbocycles. The van der Waals surface area contributed by atoms with Gasteiger partial charge in [0, 0.05) is 24.8 Å². The van der Waals surface area contributed by atoms with E-state index >= 15 is 0 Å². The molecular formula is C19H20N4O5S. The van der Waals surface area contributed by atoms with E-state index in [0.29, 0.717) is 25.4 Å². The number of rotatable bonds is 7. The molecule has 0 amide bonds. The number of benzene rings is 2. The summed E-state index contributed by atoms with van der Waals surface area (Å²) in [6.07, 6.45) is 1.61. The van der Waals surface area contributed by atoms with Gasteiger partial charge < -0.3 is 10.1 Å². The number of ether oxygens (including phenoxy) is 1. The molecule has 152 valence electrons. The van der Waals surface area contributed by atoms with Gasteiger partial charge in [0.25, 0.3) is 5.69 Å². The zero-order valence-electron chi connectivity index (χ0n) is 15.8. The van der Waals surface area contributed by atoms with E-state index in [4.69, 9.17) is 10.00 Å². The van der Waals surface area contributed by atoms with Crippen LogP contribution < -0.4 is 10.1 Å². The van der Waals surface area contributed by atoms with Gasteiger partial charge in [0.15, 0.2) is 0 Å². The number of nitro groups is 1. The lowest BCUT2D eigenvalue weighted by atomic mass is 10.2.